The highest BCUT2D eigenvalue weighted by Crippen LogP contribution is 2.26. The normalized spacial score (nSPS) is 10.9. The van der Waals surface area contributed by atoms with Crippen molar-refractivity contribution >= 4 is 10.9 Å². The molecule has 0 aliphatic rings. The number of hydrogen-bond donors (Lipinski definition) is 0. The minimum absolute atomic E-state index is 0.259. The van der Waals surface area contributed by atoms with E-state index in [9.17, 15) is 4.39 Å². The molecule has 3 aromatic rings. The number of aryl methyl sites for hydroxylation is 1. The van der Waals surface area contributed by atoms with Gasteiger partial charge in [-0.1, -0.05) is 12.1 Å². The van der Waals surface area contributed by atoms with Crippen molar-refractivity contribution in [3.63, 3.8) is 0 Å². The van der Waals surface area contributed by atoms with Gasteiger partial charge in [0.1, 0.15) is 11.5 Å². The van der Waals surface area contributed by atoms with E-state index in [1.807, 2.05) is 19.2 Å². The first-order chi connectivity index (χ1) is 8.25. The molecule has 0 unspecified atom stereocenters. The first-order valence-corrected chi connectivity index (χ1v) is 5.28. The van der Waals surface area contributed by atoms with Gasteiger partial charge in [0.05, 0.1) is 5.52 Å². The van der Waals surface area contributed by atoms with Gasteiger partial charge in [-0.05, 0) is 18.2 Å². The van der Waals surface area contributed by atoms with Gasteiger partial charge in [-0.25, -0.2) is 4.39 Å². The van der Waals surface area contributed by atoms with E-state index in [0.717, 1.165) is 22.2 Å². The first kappa shape index (κ1) is 9.96. The molecule has 17 heavy (non-hydrogen) atoms. The average Bonchev–Trinajstić information content (AvgIpc) is 2.68. The van der Waals surface area contributed by atoms with Gasteiger partial charge < -0.3 is 0 Å². The summed E-state index contributed by atoms with van der Waals surface area (Å²) >= 11 is 0. The Bertz CT molecular complexity index is 688. The highest BCUT2D eigenvalue weighted by Gasteiger charge is 2.10. The maximum Gasteiger partial charge on any atom is 0.123 e. The number of pyridine rings is 1. The van der Waals surface area contributed by atoms with Crippen LogP contribution in [-0.4, -0.2) is 14.8 Å². The molecule has 0 aliphatic carbocycles. The molecule has 0 amide bonds. The lowest BCUT2D eigenvalue weighted by molar-refractivity contribution is 0.628. The zero-order chi connectivity index (χ0) is 11.8. The average molecular weight is 227 g/mol. The Morgan fingerprint density at radius 3 is 2.94 bits per heavy atom. The largest absolute Gasteiger partial charge is 0.267 e. The summed E-state index contributed by atoms with van der Waals surface area (Å²) in [4.78, 5) is 4.09. The summed E-state index contributed by atoms with van der Waals surface area (Å²) in [6, 6.07) is 8.33. The maximum absolute atomic E-state index is 13.2. The quantitative estimate of drug-likeness (QED) is 0.640. The van der Waals surface area contributed by atoms with E-state index in [0.29, 0.717) is 0 Å². The van der Waals surface area contributed by atoms with Crippen molar-refractivity contribution in [1.82, 2.24) is 14.8 Å². The SMILES string of the molecule is Cn1nc(-c2cccc(F)c2)c2cnccc21. The Labute approximate surface area is 97.5 Å². The van der Waals surface area contributed by atoms with Crippen molar-refractivity contribution in [3.8, 4) is 11.3 Å². The Kier molecular flexibility index (Phi) is 2.14. The second-order valence-electron chi connectivity index (χ2n) is 3.88. The Morgan fingerprint density at radius 2 is 2.12 bits per heavy atom. The van der Waals surface area contributed by atoms with Crippen LogP contribution in [0, 0.1) is 5.82 Å². The van der Waals surface area contributed by atoms with Gasteiger partial charge in [0, 0.05) is 30.4 Å². The summed E-state index contributed by atoms with van der Waals surface area (Å²) < 4.78 is 15.0. The molecular formula is C13H10FN3. The van der Waals surface area contributed by atoms with Crippen LogP contribution in [0.5, 0.6) is 0 Å². The van der Waals surface area contributed by atoms with Crippen molar-refractivity contribution in [3.05, 3.63) is 48.5 Å². The number of nitrogens with zero attached hydrogens (tertiary/aromatic N) is 3. The van der Waals surface area contributed by atoms with Gasteiger partial charge in [-0.15, -0.1) is 0 Å². The van der Waals surface area contributed by atoms with Crippen molar-refractivity contribution in [1.29, 1.82) is 0 Å². The lowest BCUT2D eigenvalue weighted by Crippen LogP contribution is -1.89. The van der Waals surface area contributed by atoms with Crippen molar-refractivity contribution in [2.45, 2.75) is 0 Å². The predicted molar refractivity (Wildman–Crippen MR) is 63.9 cm³/mol. The van der Waals surface area contributed by atoms with E-state index >= 15 is 0 Å². The van der Waals surface area contributed by atoms with Crippen LogP contribution in [0.15, 0.2) is 42.7 Å². The number of halogens is 1. The van der Waals surface area contributed by atoms with Gasteiger partial charge in [-0.2, -0.15) is 5.10 Å². The molecule has 0 fully saturated rings. The lowest BCUT2D eigenvalue weighted by Gasteiger charge is -1.97. The molecule has 0 saturated heterocycles. The third-order valence-electron chi connectivity index (χ3n) is 2.75. The van der Waals surface area contributed by atoms with Crippen LogP contribution in [0.2, 0.25) is 0 Å². The highest BCUT2D eigenvalue weighted by molar-refractivity contribution is 5.92. The molecule has 0 radical (unpaired) electrons. The molecule has 4 heteroatoms. The maximum atomic E-state index is 13.2. The van der Waals surface area contributed by atoms with Gasteiger partial charge >= 0.3 is 0 Å². The van der Waals surface area contributed by atoms with Crippen LogP contribution >= 0.6 is 0 Å². The molecule has 0 aliphatic heterocycles. The summed E-state index contributed by atoms with van der Waals surface area (Å²) in [5, 5.41) is 5.34. The molecule has 2 heterocycles. The van der Waals surface area contributed by atoms with Crippen LogP contribution in [0.4, 0.5) is 4.39 Å². The zero-order valence-electron chi connectivity index (χ0n) is 9.26. The van der Waals surface area contributed by atoms with Crippen LogP contribution in [0.25, 0.3) is 22.2 Å². The first-order valence-electron chi connectivity index (χ1n) is 5.28. The van der Waals surface area contributed by atoms with E-state index in [4.69, 9.17) is 0 Å². The summed E-state index contributed by atoms with van der Waals surface area (Å²) in [6.07, 6.45) is 3.47. The fourth-order valence-electron chi connectivity index (χ4n) is 1.96. The minimum Gasteiger partial charge on any atom is -0.267 e. The van der Waals surface area contributed by atoms with Gasteiger partial charge in [0.25, 0.3) is 0 Å². The number of benzene rings is 1. The number of aromatic nitrogens is 3. The number of fused-ring (bicyclic) bond motifs is 1. The molecule has 3 nitrogen and oxygen atoms in total. The third-order valence-corrected chi connectivity index (χ3v) is 2.75. The summed E-state index contributed by atoms with van der Waals surface area (Å²) in [5.74, 6) is -0.259. The standard InChI is InChI=1S/C13H10FN3/c1-17-12-5-6-15-8-11(12)13(16-17)9-3-2-4-10(14)7-9/h2-8H,1H3. The summed E-state index contributed by atoms with van der Waals surface area (Å²) in [6.45, 7) is 0. The van der Waals surface area contributed by atoms with Gasteiger partial charge in [-0.3, -0.25) is 9.67 Å². The van der Waals surface area contributed by atoms with Crippen LogP contribution in [0.3, 0.4) is 0 Å². The Balaban J connectivity index is 2.31. The molecular weight excluding hydrogens is 217 g/mol. The molecule has 3 rings (SSSR count). The van der Waals surface area contributed by atoms with E-state index in [1.165, 1.54) is 12.1 Å². The Hall–Kier alpha value is -2.23. The highest BCUT2D eigenvalue weighted by atomic mass is 19.1. The molecule has 0 bridgehead atoms. The summed E-state index contributed by atoms with van der Waals surface area (Å²) in [7, 11) is 1.87. The molecule has 84 valence electrons. The van der Waals surface area contributed by atoms with E-state index in [2.05, 4.69) is 10.1 Å². The minimum atomic E-state index is -0.259. The monoisotopic (exact) mass is 227 g/mol. The number of hydrogen-bond acceptors (Lipinski definition) is 2. The second-order valence-corrected chi connectivity index (χ2v) is 3.88. The lowest BCUT2D eigenvalue weighted by atomic mass is 10.1. The molecule has 0 atom stereocenters. The molecule has 2 aromatic heterocycles. The van der Waals surface area contributed by atoms with Crippen LogP contribution < -0.4 is 0 Å². The predicted octanol–water partition coefficient (Wildman–Crippen LogP) is 2.77. The van der Waals surface area contributed by atoms with Crippen LogP contribution in [-0.2, 0) is 7.05 Å². The molecule has 1 aromatic carbocycles. The smallest absolute Gasteiger partial charge is 0.123 e. The van der Waals surface area contributed by atoms with E-state index < -0.39 is 0 Å². The number of rotatable bonds is 1. The zero-order valence-corrected chi connectivity index (χ0v) is 9.26. The van der Waals surface area contributed by atoms with Gasteiger partial charge in [0.15, 0.2) is 0 Å². The Morgan fingerprint density at radius 1 is 1.24 bits per heavy atom. The fourth-order valence-corrected chi connectivity index (χ4v) is 1.96. The van der Waals surface area contributed by atoms with Gasteiger partial charge in [0.2, 0.25) is 0 Å². The van der Waals surface area contributed by atoms with Crippen molar-refractivity contribution in [2.75, 3.05) is 0 Å². The molecule has 0 spiro atoms. The second kappa shape index (κ2) is 3.66. The summed E-state index contributed by atoms with van der Waals surface area (Å²) in [5.41, 5.74) is 2.51. The van der Waals surface area contributed by atoms with Crippen molar-refractivity contribution in [2.24, 2.45) is 7.05 Å². The fraction of sp³-hybridized carbons (Fsp3) is 0.0769. The molecule has 0 saturated carbocycles. The van der Waals surface area contributed by atoms with Crippen molar-refractivity contribution < 1.29 is 4.39 Å². The van der Waals surface area contributed by atoms with E-state index in [1.54, 1.807) is 23.1 Å². The topological polar surface area (TPSA) is 30.7 Å². The molecule has 0 N–H and O–H groups in total. The van der Waals surface area contributed by atoms with Crippen LogP contribution in [0.1, 0.15) is 0 Å². The van der Waals surface area contributed by atoms with E-state index in [-0.39, 0.29) is 5.82 Å². The third kappa shape index (κ3) is 1.58.